The van der Waals surface area contributed by atoms with E-state index in [0.717, 1.165) is 59.0 Å². The van der Waals surface area contributed by atoms with Gasteiger partial charge in [0.25, 0.3) is 0 Å². The Morgan fingerprint density at radius 3 is 2.42 bits per heavy atom. The lowest BCUT2D eigenvalue weighted by Crippen LogP contribution is -2.51. The van der Waals surface area contributed by atoms with E-state index in [4.69, 9.17) is 9.47 Å². The van der Waals surface area contributed by atoms with Crippen LogP contribution in [0.4, 0.5) is 13.6 Å². The molecule has 43 heavy (non-hydrogen) atoms. The molecular weight excluding hydrogens is 574 g/mol. The van der Waals surface area contributed by atoms with Gasteiger partial charge in [0.15, 0.2) is 21.4 Å². The number of rotatable bonds is 6. The van der Waals surface area contributed by atoms with Crippen LogP contribution in [0.15, 0.2) is 85.1 Å². The van der Waals surface area contributed by atoms with Crippen LogP contribution in [-0.2, 0) is 27.8 Å². The predicted octanol–water partition coefficient (Wildman–Crippen LogP) is 6.50. The number of sulfone groups is 1. The van der Waals surface area contributed by atoms with E-state index in [1.165, 1.54) is 4.90 Å². The van der Waals surface area contributed by atoms with E-state index in [2.05, 4.69) is 11.1 Å². The summed E-state index contributed by atoms with van der Waals surface area (Å²) in [5, 5.41) is 0. The quantitative estimate of drug-likeness (QED) is 0.250. The van der Waals surface area contributed by atoms with Crippen LogP contribution in [0.2, 0.25) is 0 Å². The molecule has 3 aromatic carbocycles. The van der Waals surface area contributed by atoms with Gasteiger partial charge < -0.3 is 14.4 Å². The van der Waals surface area contributed by atoms with Gasteiger partial charge in [-0.25, -0.2) is 22.0 Å². The van der Waals surface area contributed by atoms with Crippen molar-refractivity contribution in [1.82, 2.24) is 9.88 Å². The summed E-state index contributed by atoms with van der Waals surface area (Å²) in [5.74, 6) is -1.25. The first kappa shape index (κ1) is 28.8. The molecule has 10 heteroatoms. The van der Waals surface area contributed by atoms with Crippen LogP contribution >= 0.6 is 0 Å². The fourth-order valence-corrected chi connectivity index (χ4v) is 7.09. The Balaban J connectivity index is 1.06. The summed E-state index contributed by atoms with van der Waals surface area (Å²) in [4.78, 5) is 18.2. The monoisotopic (exact) mass is 604 g/mol. The number of carbonyl (C=O) groups is 1. The molecule has 0 aliphatic carbocycles. The number of amides is 1. The second-order valence-electron chi connectivity index (χ2n) is 11.1. The number of aryl methyl sites for hydroxylation is 1. The zero-order valence-corrected chi connectivity index (χ0v) is 24.2. The topological polar surface area (TPSA) is 85.8 Å². The van der Waals surface area contributed by atoms with E-state index in [0.29, 0.717) is 31.6 Å². The number of hydrogen-bond acceptors (Lipinski definition) is 6. The summed E-state index contributed by atoms with van der Waals surface area (Å²) in [6.45, 7) is 0.764. The average Bonchev–Trinajstić information content (AvgIpc) is 2.99. The zero-order chi connectivity index (χ0) is 30.0. The van der Waals surface area contributed by atoms with Gasteiger partial charge in [0, 0.05) is 38.2 Å². The average molecular weight is 605 g/mol. The Labute approximate surface area is 249 Å². The van der Waals surface area contributed by atoms with Crippen LogP contribution in [0, 0.1) is 11.6 Å². The van der Waals surface area contributed by atoms with Crippen molar-refractivity contribution in [3.05, 3.63) is 114 Å². The number of aromatic nitrogens is 1. The Hall–Kier alpha value is -4.31. The maximum absolute atomic E-state index is 13.9. The minimum atomic E-state index is -3.35. The van der Waals surface area contributed by atoms with E-state index >= 15 is 0 Å². The maximum Gasteiger partial charge on any atom is 0.415 e. The molecule has 0 saturated carbocycles. The molecule has 1 amide bonds. The molecule has 1 aromatic heterocycles. The SMILES string of the molecule is O=C(Oc1cc(F)ccc1F)N1CCC2(CCc3cc(-c4ccc(CS(=O)(=O)Cc5ccccn5)cc4)ccc3O2)CC1. The van der Waals surface area contributed by atoms with E-state index < -0.39 is 38.9 Å². The molecule has 222 valence electrons. The summed E-state index contributed by atoms with van der Waals surface area (Å²) >= 11 is 0. The molecule has 0 N–H and O–H groups in total. The van der Waals surface area contributed by atoms with E-state index in [1.807, 2.05) is 36.4 Å². The minimum absolute atomic E-state index is 0.0548. The molecule has 0 bridgehead atoms. The third kappa shape index (κ3) is 6.69. The molecule has 2 aliphatic heterocycles. The highest BCUT2D eigenvalue weighted by molar-refractivity contribution is 7.89. The first-order valence-electron chi connectivity index (χ1n) is 14.1. The number of ether oxygens (including phenoxy) is 2. The van der Waals surface area contributed by atoms with Crippen LogP contribution in [0.3, 0.4) is 0 Å². The van der Waals surface area contributed by atoms with Crippen LogP contribution in [0.25, 0.3) is 11.1 Å². The smallest absolute Gasteiger partial charge is 0.415 e. The Morgan fingerprint density at radius 2 is 1.67 bits per heavy atom. The highest BCUT2D eigenvalue weighted by atomic mass is 32.2. The molecule has 6 rings (SSSR count). The van der Waals surface area contributed by atoms with Crippen LogP contribution in [0.5, 0.6) is 11.5 Å². The predicted molar refractivity (Wildman–Crippen MR) is 157 cm³/mol. The first-order chi connectivity index (χ1) is 20.7. The lowest BCUT2D eigenvalue weighted by molar-refractivity contribution is -0.00959. The zero-order valence-electron chi connectivity index (χ0n) is 23.3. The summed E-state index contributed by atoms with van der Waals surface area (Å²) in [6.07, 6.45) is 3.67. The molecule has 0 radical (unpaired) electrons. The molecule has 0 unspecified atom stereocenters. The Kier molecular flexibility index (Phi) is 7.87. The van der Waals surface area contributed by atoms with Gasteiger partial charge in [0.05, 0.1) is 17.2 Å². The standard InChI is InChI=1S/C33H30F2N2O5S/c34-27-9-10-29(35)31(20-27)41-32(38)37-17-14-33(15-18-37)13-12-26-19-25(8-11-30(26)42-33)24-6-4-23(5-7-24)21-43(39,40)22-28-3-1-2-16-36-28/h1-11,16,19-20H,12-15,17-18,21-22H2. The normalized spacial score (nSPS) is 15.9. The van der Waals surface area contributed by atoms with Gasteiger partial charge in [0.2, 0.25) is 0 Å². The lowest BCUT2D eigenvalue weighted by atomic mass is 9.82. The second kappa shape index (κ2) is 11.8. The lowest BCUT2D eigenvalue weighted by Gasteiger charge is -2.44. The summed E-state index contributed by atoms with van der Waals surface area (Å²) < 4.78 is 64.3. The third-order valence-corrected chi connectivity index (χ3v) is 9.54. The molecule has 1 spiro atoms. The van der Waals surface area contributed by atoms with E-state index in [1.54, 1.807) is 24.4 Å². The largest absolute Gasteiger partial charge is 0.487 e. The van der Waals surface area contributed by atoms with Crippen molar-refractivity contribution >= 4 is 15.9 Å². The molecular formula is C33H30F2N2O5S. The fourth-order valence-electron chi connectivity index (χ4n) is 5.67. The number of benzene rings is 3. The minimum Gasteiger partial charge on any atom is -0.487 e. The number of nitrogens with zero attached hydrogens (tertiary/aromatic N) is 2. The van der Waals surface area contributed by atoms with Crippen molar-refractivity contribution in [2.24, 2.45) is 0 Å². The van der Waals surface area contributed by atoms with E-state index in [9.17, 15) is 22.0 Å². The van der Waals surface area contributed by atoms with Crippen molar-refractivity contribution in [3.63, 3.8) is 0 Å². The molecule has 1 fully saturated rings. The third-order valence-electron chi connectivity index (χ3n) is 8.03. The number of fused-ring (bicyclic) bond motifs is 1. The number of piperidine rings is 1. The van der Waals surface area contributed by atoms with Crippen LogP contribution in [-0.4, -0.2) is 43.1 Å². The highest BCUT2D eigenvalue weighted by Gasteiger charge is 2.41. The first-order valence-corrected chi connectivity index (χ1v) is 15.9. The summed E-state index contributed by atoms with van der Waals surface area (Å²) in [5.41, 5.74) is 3.94. The van der Waals surface area contributed by atoms with Crippen LogP contribution < -0.4 is 9.47 Å². The number of halogens is 2. The van der Waals surface area contributed by atoms with Gasteiger partial charge >= 0.3 is 6.09 Å². The van der Waals surface area contributed by atoms with Crippen molar-refractivity contribution in [1.29, 1.82) is 0 Å². The molecule has 3 heterocycles. The molecule has 7 nitrogen and oxygen atoms in total. The summed E-state index contributed by atoms with van der Waals surface area (Å²) in [6, 6.07) is 21.6. The van der Waals surface area contributed by atoms with Crippen molar-refractivity contribution in [2.75, 3.05) is 13.1 Å². The van der Waals surface area contributed by atoms with Gasteiger partial charge in [-0.3, -0.25) is 4.98 Å². The van der Waals surface area contributed by atoms with Gasteiger partial charge in [-0.15, -0.1) is 0 Å². The van der Waals surface area contributed by atoms with E-state index in [-0.39, 0.29) is 11.5 Å². The maximum atomic E-state index is 13.9. The van der Waals surface area contributed by atoms with Gasteiger partial charge in [-0.1, -0.05) is 36.4 Å². The van der Waals surface area contributed by atoms with Crippen molar-refractivity contribution < 1.29 is 31.5 Å². The van der Waals surface area contributed by atoms with Crippen LogP contribution in [0.1, 0.15) is 36.1 Å². The fraction of sp³-hybridized carbons (Fsp3) is 0.273. The van der Waals surface area contributed by atoms with Gasteiger partial charge in [-0.2, -0.15) is 0 Å². The Bertz CT molecular complexity index is 1740. The second-order valence-corrected chi connectivity index (χ2v) is 13.2. The number of hydrogen-bond donors (Lipinski definition) is 0. The number of likely N-dealkylation sites (tertiary alicyclic amines) is 1. The molecule has 2 aliphatic rings. The molecule has 4 aromatic rings. The Morgan fingerprint density at radius 1 is 0.907 bits per heavy atom. The van der Waals surface area contributed by atoms with Crippen molar-refractivity contribution in [3.8, 4) is 22.6 Å². The van der Waals surface area contributed by atoms with Gasteiger partial charge in [-0.05, 0) is 71.5 Å². The number of carbonyl (C=O) groups excluding carboxylic acids is 1. The highest BCUT2D eigenvalue weighted by Crippen LogP contribution is 2.41. The van der Waals surface area contributed by atoms with Gasteiger partial charge in [0.1, 0.15) is 17.2 Å². The molecule has 0 atom stereocenters. The molecule has 1 saturated heterocycles. The number of pyridine rings is 1. The summed E-state index contributed by atoms with van der Waals surface area (Å²) in [7, 11) is -3.35. The van der Waals surface area contributed by atoms with Crippen molar-refractivity contribution in [2.45, 2.75) is 42.8 Å².